The standard InChI is InChI=1S/2C7H14O.C6H12O/c1-6(2)7(3)4-8-5-7;1-6(2)7-3-4-8-5-7;1-5(2)6-3-7-4-6/h6H,4-5H2,1-3H3;6-7H,3-5H2,1-2H3;5-6H,3-4H2,1-2H3. The Kier molecular flexibility index (Phi) is 9.10. The Labute approximate surface area is 144 Å². The zero-order valence-electron chi connectivity index (χ0n) is 16.6. The highest BCUT2D eigenvalue weighted by Crippen LogP contribution is 2.34. The fourth-order valence-electron chi connectivity index (χ4n) is 2.47. The van der Waals surface area contributed by atoms with Gasteiger partial charge in [0.25, 0.3) is 0 Å². The zero-order chi connectivity index (χ0) is 17.5. The Morgan fingerprint density at radius 3 is 1.35 bits per heavy atom. The molecule has 0 aromatic rings. The molecule has 0 aromatic heterocycles. The van der Waals surface area contributed by atoms with E-state index in [0.29, 0.717) is 5.41 Å². The maximum atomic E-state index is 5.22. The molecule has 3 fully saturated rings. The third-order valence-electron chi connectivity index (χ3n) is 5.77. The molecule has 3 aliphatic heterocycles. The molecule has 0 bridgehead atoms. The van der Waals surface area contributed by atoms with E-state index >= 15 is 0 Å². The van der Waals surface area contributed by atoms with Crippen molar-refractivity contribution < 1.29 is 14.2 Å². The Balaban J connectivity index is 0.000000173. The molecule has 0 aliphatic carbocycles. The van der Waals surface area contributed by atoms with Crippen LogP contribution in [0.15, 0.2) is 0 Å². The summed E-state index contributed by atoms with van der Waals surface area (Å²) in [6, 6.07) is 0. The highest BCUT2D eigenvalue weighted by atomic mass is 16.5. The summed E-state index contributed by atoms with van der Waals surface area (Å²) < 4.78 is 15.3. The first-order chi connectivity index (χ1) is 10.8. The van der Waals surface area contributed by atoms with Crippen molar-refractivity contribution in [2.24, 2.45) is 35.0 Å². The molecule has 3 saturated heterocycles. The van der Waals surface area contributed by atoms with Gasteiger partial charge in [0.2, 0.25) is 0 Å². The number of ether oxygens (including phenoxy) is 3. The molecule has 3 rings (SSSR count). The highest BCUT2D eigenvalue weighted by Gasteiger charge is 2.36. The molecule has 0 spiro atoms. The third kappa shape index (κ3) is 7.11. The van der Waals surface area contributed by atoms with Crippen molar-refractivity contribution in [1.29, 1.82) is 0 Å². The number of hydrogen-bond acceptors (Lipinski definition) is 3. The van der Waals surface area contributed by atoms with Crippen molar-refractivity contribution in [3.05, 3.63) is 0 Å². The van der Waals surface area contributed by atoms with Crippen LogP contribution in [0.25, 0.3) is 0 Å². The lowest BCUT2D eigenvalue weighted by molar-refractivity contribution is -0.126. The largest absolute Gasteiger partial charge is 0.381 e. The van der Waals surface area contributed by atoms with Crippen LogP contribution in [0.1, 0.15) is 54.9 Å². The van der Waals surface area contributed by atoms with Gasteiger partial charge in [0.15, 0.2) is 0 Å². The van der Waals surface area contributed by atoms with Gasteiger partial charge in [0.05, 0.1) is 26.4 Å². The van der Waals surface area contributed by atoms with E-state index in [4.69, 9.17) is 14.2 Å². The van der Waals surface area contributed by atoms with E-state index in [2.05, 4.69) is 48.5 Å². The normalized spacial score (nSPS) is 26.1. The Bertz CT molecular complexity index is 298. The van der Waals surface area contributed by atoms with Gasteiger partial charge in [-0.15, -0.1) is 0 Å². The average molecular weight is 329 g/mol. The van der Waals surface area contributed by atoms with Crippen molar-refractivity contribution in [3.8, 4) is 0 Å². The van der Waals surface area contributed by atoms with E-state index in [1.54, 1.807) is 0 Å². The molecular weight excluding hydrogens is 288 g/mol. The Morgan fingerprint density at radius 1 is 0.739 bits per heavy atom. The average Bonchev–Trinajstić information content (AvgIpc) is 2.88. The van der Waals surface area contributed by atoms with E-state index in [0.717, 1.165) is 69.2 Å². The van der Waals surface area contributed by atoms with Gasteiger partial charge in [-0.1, -0.05) is 48.5 Å². The molecule has 3 heterocycles. The molecule has 1 unspecified atom stereocenters. The lowest BCUT2D eigenvalue weighted by atomic mass is 9.78. The predicted octanol–water partition coefficient (Wildman–Crippen LogP) is 4.65. The van der Waals surface area contributed by atoms with E-state index in [-0.39, 0.29) is 0 Å². The highest BCUT2D eigenvalue weighted by molar-refractivity contribution is 4.83. The minimum atomic E-state index is 0.500. The molecule has 138 valence electrons. The lowest BCUT2D eigenvalue weighted by Crippen LogP contribution is -2.43. The van der Waals surface area contributed by atoms with Gasteiger partial charge in [-0.25, -0.2) is 0 Å². The summed E-state index contributed by atoms with van der Waals surface area (Å²) in [6.45, 7) is 21.7. The molecular formula is C20H40O3. The van der Waals surface area contributed by atoms with Crippen LogP contribution in [-0.4, -0.2) is 39.6 Å². The second-order valence-corrected chi connectivity index (χ2v) is 8.71. The first kappa shape index (κ1) is 20.9. The van der Waals surface area contributed by atoms with Crippen LogP contribution < -0.4 is 0 Å². The molecule has 3 heteroatoms. The fraction of sp³-hybridized carbons (Fsp3) is 1.00. The van der Waals surface area contributed by atoms with Gasteiger partial charge in [0, 0.05) is 24.5 Å². The first-order valence-corrected chi connectivity index (χ1v) is 9.49. The summed E-state index contributed by atoms with van der Waals surface area (Å²) in [4.78, 5) is 0. The summed E-state index contributed by atoms with van der Waals surface area (Å²) in [5.41, 5.74) is 0.500. The van der Waals surface area contributed by atoms with Crippen molar-refractivity contribution >= 4 is 0 Å². The third-order valence-corrected chi connectivity index (χ3v) is 5.77. The second-order valence-electron chi connectivity index (χ2n) is 8.71. The summed E-state index contributed by atoms with van der Waals surface area (Å²) in [5.74, 6) is 4.12. The zero-order valence-corrected chi connectivity index (χ0v) is 16.6. The van der Waals surface area contributed by atoms with Crippen LogP contribution in [0.2, 0.25) is 0 Å². The SMILES string of the molecule is CC(C)C1(C)COC1.CC(C)C1CCOC1.CC(C)C1COC1. The van der Waals surface area contributed by atoms with Gasteiger partial charge in [-0.05, 0) is 30.1 Å². The predicted molar refractivity (Wildman–Crippen MR) is 96.7 cm³/mol. The number of hydrogen-bond donors (Lipinski definition) is 0. The van der Waals surface area contributed by atoms with Gasteiger partial charge in [-0.2, -0.15) is 0 Å². The summed E-state index contributed by atoms with van der Waals surface area (Å²) in [7, 11) is 0. The van der Waals surface area contributed by atoms with Gasteiger partial charge in [0.1, 0.15) is 0 Å². The minimum absolute atomic E-state index is 0.500. The summed E-state index contributed by atoms with van der Waals surface area (Å²) >= 11 is 0. The van der Waals surface area contributed by atoms with Crippen molar-refractivity contribution in [3.63, 3.8) is 0 Å². The van der Waals surface area contributed by atoms with E-state index < -0.39 is 0 Å². The summed E-state index contributed by atoms with van der Waals surface area (Å²) in [6.07, 6.45) is 1.28. The topological polar surface area (TPSA) is 27.7 Å². The molecule has 0 saturated carbocycles. The Morgan fingerprint density at radius 2 is 1.26 bits per heavy atom. The van der Waals surface area contributed by atoms with Crippen molar-refractivity contribution in [1.82, 2.24) is 0 Å². The van der Waals surface area contributed by atoms with Crippen LogP contribution in [0.3, 0.4) is 0 Å². The second kappa shape index (κ2) is 10.0. The van der Waals surface area contributed by atoms with Crippen LogP contribution in [0.4, 0.5) is 0 Å². The number of rotatable bonds is 3. The van der Waals surface area contributed by atoms with Crippen LogP contribution >= 0.6 is 0 Å². The molecule has 23 heavy (non-hydrogen) atoms. The molecule has 0 aromatic carbocycles. The van der Waals surface area contributed by atoms with E-state index in [1.807, 2.05) is 0 Å². The minimum Gasteiger partial charge on any atom is -0.381 e. The molecule has 3 nitrogen and oxygen atoms in total. The quantitative estimate of drug-likeness (QED) is 0.755. The Hall–Kier alpha value is -0.120. The van der Waals surface area contributed by atoms with Gasteiger partial charge >= 0.3 is 0 Å². The maximum Gasteiger partial charge on any atom is 0.0544 e. The lowest BCUT2D eigenvalue weighted by Gasteiger charge is -2.41. The smallest absolute Gasteiger partial charge is 0.0544 e. The van der Waals surface area contributed by atoms with Crippen LogP contribution in [-0.2, 0) is 14.2 Å². The van der Waals surface area contributed by atoms with Crippen LogP contribution in [0, 0.1) is 35.0 Å². The molecule has 0 radical (unpaired) electrons. The van der Waals surface area contributed by atoms with Gasteiger partial charge in [-0.3, -0.25) is 0 Å². The maximum absolute atomic E-state index is 5.22. The van der Waals surface area contributed by atoms with Crippen molar-refractivity contribution in [2.45, 2.75) is 54.9 Å². The fourth-order valence-corrected chi connectivity index (χ4v) is 2.47. The monoisotopic (exact) mass is 328 g/mol. The summed E-state index contributed by atoms with van der Waals surface area (Å²) in [5, 5.41) is 0. The molecule has 0 N–H and O–H groups in total. The van der Waals surface area contributed by atoms with Gasteiger partial charge < -0.3 is 14.2 Å². The molecule has 0 amide bonds. The first-order valence-electron chi connectivity index (χ1n) is 9.49. The van der Waals surface area contributed by atoms with Crippen LogP contribution in [0.5, 0.6) is 0 Å². The molecule has 1 atom stereocenters. The van der Waals surface area contributed by atoms with Crippen molar-refractivity contribution in [2.75, 3.05) is 39.6 Å². The van der Waals surface area contributed by atoms with E-state index in [9.17, 15) is 0 Å². The van der Waals surface area contributed by atoms with E-state index in [1.165, 1.54) is 6.42 Å². The molecule has 3 aliphatic rings.